The number of rotatable bonds is 6. The van der Waals surface area contributed by atoms with Gasteiger partial charge in [0.05, 0.1) is 27.0 Å². The number of methoxy groups -OCH3 is 3. The molecule has 2 aromatic rings. The van der Waals surface area contributed by atoms with Crippen LogP contribution in [0.5, 0.6) is 17.2 Å². The molecule has 2 aromatic carbocycles. The Kier molecular flexibility index (Phi) is 6.67. The van der Waals surface area contributed by atoms with Gasteiger partial charge in [-0.3, -0.25) is 14.5 Å². The summed E-state index contributed by atoms with van der Waals surface area (Å²) in [5, 5.41) is 10.8. The smallest absolute Gasteiger partial charge is 0.325 e. The summed E-state index contributed by atoms with van der Waals surface area (Å²) in [4.78, 5) is 28.0. The number of phenolic OH excluding ortho intramolecular Hbond substituents is 1. The molecule has 1 saturated heterocycles. The van der Waals surface area contributed by atoms with Gasteiger partial charge in [0.1, 0.15) is 12.2 Å². The standard InChI is InChI=1S/C21H19ClN2O6S/c1-28-16-9-12(10-17(29-2)19(16)26)8-15-20(27)24(14-6-4-13(22)5-7-14)21(31)23(15)11-18(25)30-3/h4-10,26H,11H2,1-3H3/b15-8-. The molecule has 0 bridgehead atoms. The maximum atomic E-state index is 13.3. The minimum atomic E-state index is -0.570. The van der Waals surface area contributed by atoms with Gasteiger partial charge in [-0.25, -0.2) is 0 Å². The molecule has 0 aromatic heterocycles. The average Bonchev–Trinajstić information content (AvgIpc) is 2.99. The molecule has 1 amide bonds. The number of amides is 1. The lowest BCUT2D eigenvalue weighted by atomic mass is 10.1. The van der Waals surface area contributed by atoms with Gasteiger partial charge in [0.25, 0.3) is 5.91 Å². The van der Waals surface area contributed by atoms with Gasteiger partial charge in [0, 0.05) is 5.02 Å². The van der Waals surface area contributed by atoms with Crippen LogP contribution in [0.25, 0.3) is 6.08 Å². The van der Waals surface area contributed by atoms with Gasteiger partial charge in [0.2, 0.25) is 5.75 Å². The number of anilines is 1. The summed E-state index contributed by atoms with van der Waals surface area (Å²) >= 11 is 11.4. The van der Waals surface area contributed by atoms with Gasteiger partial charge < -0.3 is 24.2 Å². The molecular weight excluding hydrogens is 444 g/mol. The van der Waals surface area contributed by atoms with Crippen LogP contribution in [-0.4, -0.2) is 54.9 Å². The van der Waals surface area contributed by atoms with Crippen molar-refractivity contribution in [1.29, 1.82) is 0 Å². The van der Waals surface area contributed by atoms with E-state index in [-0.39, 0.29) is 34.6 Å². The fraction of sp³-hybridized carbons (Fsp3) is 0.190. The molecule has 1 fully saturated rings. The number of thiocarbonyl (C=S) groups is 1. The van der Waals surface area contributed by atoms with Gasteiger partial charge in [-0.2, -0.15) is 0 Å². The van der Waals surface area contributed by atoms with E-state index in [4.69, 9.17) is 38.0 Å². The summed E-state index contributed by atoms with van der Waals surface area (Å²) in [6.07, 6.45) is 1.53. The van der Waals surface area contributed by atoms with Crippen LogP contribution in [0.3, 0.4) is 0 Å². The highest BCUT2D eigenvalue weighted by Gasteiger charge is 2.40. The number of carbonyl (C=O) groups is 2. The molecule has 162 valence electrons. The first kappa shape index (κ1) is 22.4. The largest absolute Gasteiger partial charge is 0.502 e. The number of benzene rings is 2. The molecule has 0 spiro atoms. The van der Waals surface area contributed by atoms with Crippen molar-refractivity contribution in [2.75, 3.05) is 32.8 Å². The second-order valence-corrected chi connectivity index (χ2v) is 7.17. The van der Waals surface area contributed by atoms with Crippen LogP contribution in [0.2, 0.25) is 5.02 Å². The van der Waals surface area contributed by atoms with E-state index in [1.54, 1.807) is 24.3 Å². The zero-order valence-electron chi connectivity index (χ0n) is 16.9. The zero-order valence-corrected chi connectivity index (χ0v) is 18.5. The maximum absolute atomic E-state index is 13.3. The van der Waals surface area contributed by atoms with Gasteiger partial charge in [-0.15, -0.1) is 0 Å². The first-order valence-corrected chi connectivity index (χ1v) is 9.74. The lowest BCUT2D eigenvalue weighted by Gasteiger charge is -2.19. The Morgan fingerprint density at radius 3 is 2.23 bits per heavy atom. The van der Waals surface area contributed by atoms with Gasteiger partial charge in [-0.05, 0) is 60.3 Å². The number of hydrogen-bond acceptors (Lipinski definition) is 7. The summed E-state index contributed by atoms with van der Waals surface area (Å²) in [5.41, 5.74) is 1.13. The highest BCUT2D eigenvalue weighted by molar-refractivity contribution is 7.80. The highest BCUT2D eigenvalue weighted by Crippen LogP contribution is 2.38. The average molecular weight is 463 g/mol. The van der Waals surface area contributed by atoms with E-state index in [9.17, 15) is 14.7 Å². The molecular formula is C21H19ClN2O6S. The summed E-state index contributed by atoms with van der Waals surface area (Å²) in [6, 6.07) is 9.63. The molecule has 0 atom stereocenters. The van der Waals surface area contributed by atoms with Crippen molar-refractivity contribution in [3.63, 3.8) is 0 Å². The summed E-state index contributed by atoms with van der Waals surface area (Å²) in [5.74, 6) is -0.863. The second kappa shape index (κ2) is 9.23. The number of hydrogen-bond donors (Lipinski definition) is 1. The maximum Gasteiger partial charge on any atom is 0.325 e. The molecule has 0 saturated carbocycles. The van der Waals surface area contributed by atoms with E-state index in [0.29, 0.717) is 16.3 Å². The minimum absolute atomic E-state index is 0.113. The van der Waals surface area contributed by atoms with E-state index < -0.39 is 11.9 Å². The van der Waals surface area contributed by atoms with E-state index in [1.807, 2.05) is 0 Å². The van der Waals surface area contributed by atoms with Gasteiger partial charge in [-0.1, -0.05) is 11.6 Å². The quantitative estimate of drug-likeness (QED) is 0.398. The molecule has 1 aliphatic rings. The van der Waals surface area contributed by atoms with Crippen LogP contribution >= 0.6 is 23.8 Å². The van der Waals surface area contributed by atoms with Gasteiger partial charge >= 0.3 is 5.97 Å². The van der Waals surface area contributed by atoms with Crippen molar-refractivity contribution >= 4 is 52.6 Å². The molecule has 0 aliphatic carbocycles. The number of aromatic hydroxyl groups is 1. The van der Waals surface area contributed by atoms with Crippen molar-refractivity contribution in [2.24, 2.45) is 0 Å². The SMILES string of the molecule is COC(=O)CN1C(=S)N(c2ccc(Cl)cc2)C(=O)/C1=C/c1cc(OC)c(O)c(OC)c1. The number of nitrogens with zero attached hydrogens (tertiary/aromatic N) is 2. The molecule has 0 radical (unpaired) electrons. The van der Waals surface area contributed by atoms with Crippen molar-refractivity contribution in [3.05, 3.63) is 52.7 Å². The fourth-order valence-corrected chi connectivity index (χ4v) is 3.48. The van der Waals surface area contributed by atoms with E-state index in [2.05, 4.69) is 0 Å². The summed E-state index contributed by atoms with van der Waals surface area (Å²) < 4.78 is 15.1. The second-order valence-electron chi connectivity index (χ2n) is 6.37. The lowest BCUT2D eigenvalue weighted by molar-refractivity contribution is -0.140. The van der Waals surface area contributed by atoms with E-state index in [1.165, 1.54) is 49.3 Å². The van der Waals surface area contributed by atoms with Crippen LogP contribution in [0.1, 0.15) is 5.56 Å². The highest BCUT2D eigenvalue weighted by atomic mass is 35.5. The fourth-order valence-electron chi connectivity index (χ4n) is 3.00. The molecule has 0 unspecified atom stereocenters. The van der Waals surface area contributed by atoms with E-state index >= 15 is 0 Å². The van der Waals surface area contributed by atoms with Crippen molar-refractivity contribution in [3.8, 4) is 17.2 Å². The Hall–Kier alpha value is -3.30. The monoisotopic (exact) mass is 462 g/mol. The first-order chi connectivity index (χ1) is 14.8. The summed E-state index contributed by atoms with van der Waals surface area (Å²) in [6.45, 7) is -0.261. The third kappa shape index (κ3) is 4.42. The first-order valence-electron chi connectivity index (χ1n) is 8.95. The minimum Gasteiger partial charge on any atom is -0.502 e. The van der Waals surface area contributed by atoms with Gasteiger partial charge in [0.15, 0.2) is 16.6 Å². The third-order valence-corrected chi connectivity index (χ3v) is 5.20. The van der Waals surface area contributed by atoms with Crippen molar-refractivity contribution in [1.82, 2.24) is 4.90 Å². The normalized spacial score (nSPS) is 14.9. The molecule has 3 rings (SSSR count). The number of halogens is 1. The molecule has 1 N–H and O–H groups in total. The number of phenols is 1. The number of carbonyl (C=O) groups excluding carboxylic acids is 2. The van der Waals surface area contributed by atoms with Crippen LogP contribution in [0.4, 0.5) is 5.69 Å². The topological polar surface area (TPSA) is 88.5 Å². The van der Waals surface area contributed by atoms with Crippen LogP contribution in [0.15, 0.2) is 42.1 Å². The Labute approximate surface area is 189 Å². The molecule has 1 aliphatic heterocycles. The van der Waals surface area contributed by atoms with Crippen LogP contribution < -0.4 is 14.4 Å². The van der Waals surface area contributed by atoms with E-state index in [0.717, 1.165) is 0 Å². The lowest BCUT2D eigenvalue weighted by Crippen LogP contribution is -2.35. The summed E-state index contributed by atoms with van der Waals surface area (Å²) in [7, 11) is 4.04. The Balaban J connectivity index is 2.11. The molecule has 1 heterocycles. The third-order valence-electron chi connectivity index (χ3n) is 4.54. The predicted octanol–water partition coefficient (Wildman–Crippen LogP) is 3.21. The number of ether oxygens (including phenoxy) is 3. The Morgan fingerprint density at radius 2 is 1.71 bits per heavy atom. The zero-order chi connectivity index (χ0) is 22.7. The molecule has 8 nitrogen and oxygen atoms in total. The molecule has 31 heavy (non-hydrogen) atoms. The van der Waals surface area contributed by atoms with Crippen LogP contribution in [-0.2, 0) is 14.3 Å². The predicted molar refractivity (Wildman–Crippen MR) is 119 cm³/mol. The Morgan fingerprint density at radius 1 is 1.13 bits per heavy atom. The number of esters is 1. The van der Waals surface area contributed by atoms with Crippen LogP contribution in [0, 0.1) is 0 Å². The van der Waals surface area contributed by atoms with Crippen molar-refractivity contribution < 1.29 is 28.9 Å². The Bertz CT molecular complexity index is 1050. The molecule has 10 heteroatoms. The van der Waals surface area contributed by atoms with Crippen molar-refractivity contribution in [2.45, 2.75) is 0 Å².